The van der Waals surface area contributed by atoms with Gasteiger partial charge >= 0.3 is 0 Å². The van der Waals surface area contributed by atoms with Crippen LogP contribution in [0.5, 0.6) is 0 Å². The third kappa shape index (κ3) is 6.98. The molecule has 2 aromatic carbocycles. The minimum atomic E-state index is -3.99. The number of benzene rings is 2. The van der Waals surface area contributed by atoms with Crippen LogP contribution in [0.4, 0.5) is 0 Å². The summed E-state index contributed by atoms with van der Waals surface area (Å²) < 4.78 is 35.9. The number of carbonyl (C=O) groups excluding carboxylic acids is 1. The lowest BCUT2D eigenvalue weighted by Crippen LogP contribution is -2.50. The molecular formula is C31H35Cl2N3O5S. The molecule has 1 amide bonds. The molecule has 0 bridgehead atoms. The van der Waals surface area contributed by atoms with Crippen molar-refractivity contribution in [2.24, 2.45) is 0 Å². The summed E-state index contributed by atoms with van der Waals surface area (Å²) in [7, 11) is -3.99. The molecule has 2 atom stereocenters. The van der Waals surface area contributed by atoms with Crippen LogP contribution in [0.15, 0.2) is 77.8 Å². The number of sulfonamides is 1. The molecule has 2 unspecified atom stereocenters. The number of hydrogen-bond acceptors (Lipinski definition) is 6. The topological polar surface area (TPSA) is 100 Å². The summed E-state index contributed by atoms with van der Waals surface area (Å²) in [5, 5.41) is 11.5. The molecule has 42 heavy (non-hydrogen) atoms. The quantitative estimate of drug-likeness (QED) is 0.339. The van der Waals surface area contributed by atoms with Crippen LogP contribution in [-0.2, 0) is 31.7 Å². The number of nitrogens with zero attached hydrogens (tertiary/aromatic N) is 3. The molecule has 1 N–H and O–H groups in total. The molecule has 3 aromatic rings. The van der Waals surface area contributed by atoms with Gasteiger partial charge in [0.15, 0.2) is 0 Å². The van der Waals surface area contributed by atoms with Crippen LogP contribution in [0.25, 0.3) is 0 Å². The Labute approximate surface area is 257 Å². The summed E-state index contributed by atoms with van der Waals surface area (Å²) in [6.45, 7) is 0.764. The van der Waals surface area contributed by atoms with Crippen molar-refractivity contribution in [1.82, 2.24) is 14.2 Å². The smallest absolute Gasteiger partial charge is 0.248 e. The molecule has 11 heteroatoms. The Bertz CT molecular complexity index is 1470. The first kappa shape index (κ1) is 30.9. The van der Waals surface area contributed by atoms with E-state index in [0.29, 0.717) is 44.5 Å². The normalized spacial score (nSPS) is 20.9. The van der Waals surface area contributed by atoms with E-state index in [0.717, 1.165) is 18.4 Å². The molecule has 1 aliphatic carbocycles. The molecule has 0 radical (unpaired) electrons. The molecule has 5 rings (SSSR count). The summed E-state index contributed by atoms with van der Waals surface area (Å²) in [6, 6.07) is 18.7. The molecule has 224 valence electrons. The van der Waals surface area contributed by atoms with Crippen LogP contribution in [0, 0.1) is 0 Å². The summed E-state index contributed by atoms with van der Waals surface area (Å²) in [5.41, 5.74) is 0.389. The Morgan fingerprint density at radius 1 is 1.00 bits per heavy atom. The number of amides is 1. The van der Waals surface area contributed by atoms with Gasteiger partial charge in [-0.25, -0.2) is 8.42 Å². The Balaban J connectivity index is 1.30. The number of aromatic nitrogens is 1. The van der Waals surface area contributed by atoms with Crippen LogP contribution >= 0.6 is 23.2 Å². The number of piperidine rings is 1. The van der Waals surface area contributed by atoms with E-state index >= 15 is 0 Å². The first-order valence-electron chi connectivity index (χ1n) is 14.2. The average Bonchev–Trinajstić information content (AvgIpc) is 3.01. The maximum atomic E-state index is 14.1. The van der Waals surface area contributed by atoms with Crippen molar-refractivity contribution >= 4 is 39.1 Å². The van der Waals surface area contributed by atoms with Crippen molar-refractivity contribution in [2.45, 2.75) is 67.7 Å². The van der Waals surface area contributed by atoms with Gasteiger partial charge in [0.1, 0.15) is 12.2 Å². The lowest BCUT2D eigenvalue weighted by atomic mass is 9.88. The van der Waals surface area contributed by atoms with Crippen LogP contribution in [-0.4, -0.2) is 65.5 Å². The van der Waals surface area contributed by atoms with Crippen molar-refractivity contribution < 1.29 is 23.1 Å². The second-order valence-electron chi connectivity index (χ2n) is 10.9. The molecular weight excluding hydrogens is 597 g/mol. The van der Waals surface area contributed by atoms with E-state index in [9.17, 15) is 18.3 Å². The van der Waals surface area contributed by atoms with Crippen LogP contribution in [0.1, 0.15) is 49.8 Å². The number of hydrogen-bond donors (Lipinski definition) is 1. The average molecular weight is 633 g/mol. The van der Waals surface area contributed by atoms with Crippen molar-refractivity contribution in [3.63, 3.8) is 0 Å². The second-order valence-corrected chi connectivity index (χ2v) is 13.6. The predicted octanol–water partition coefficient (Wildman–Crippen LogP) is 5.42. The van der Waals surface area contributed by atoms with E-state index in [-0.39, 0.29) is 34.0 Å². The minimum Gasteiger partial charge on any atom is -0.383 e. The summed E-state index contributed by atoms with van der Waals surface area (Å²) in [5.74, 6) is -0.177. The maximum Gasteiger partial charge on any atom is 0.248 e. The van der Waals surface area contributed by atoms with Gasteiger partial charge in [0.2, 0.25) is 15.9 Å². The van der Waals surface area contributed by atoms with Crippen molar-refractivity contribution in [1.29, 1.82) is 0 Å². The van der Waals surface area contributed by atoms with Crippen molar-refractivity contribution in [3.8, 4) is 0 Å². The van der Waals surface area contributed by atoms with Gasteiger partial charge in [0.25, 0.3) is 0 Å². The number of carbonyl (C=O) groups is 1. The van der Waals surface area contributed by atoms with Crippen LogP contribution < -0.4 is 0 Å². The van der Waals surface area contributed by atoms with Gasteiger partial charge in [-0.1, -0.05) is 72.4 Å². The number of halogens is 2. The summed E-state index contributed by atoms with van der Waals surface area (Å²) in [6.07, 6.45) is 4.93. The molecule has 2 aliphatic rings. The zero-order chi connectivity index (χ0) is 29.7. The molecule has 0 spiro atoms. The number of pyridine rings is 1. The highest BCUT2D eigenvalue weighted by atomic mass is 35.5. The lowest BCUT2D eigenvalue weighted by molar-refractivity contribution is -0.144. The fourth-order valence-corrected chi connectivity index (χ4v) is 7.86. The first-order chi connectivity index (χ1) is 20.2. The first-order valence-corrected chi connectivity index (χ1v) is 16.4. The van der Waals surface area contributed by atoms with E-state index in [1.165, 1.54) is 22.5 Å². The second kappa shape index (κ2) is 13.4. The Morgan fingerprint density at radius 2 is 1.71 bits per heavy atom. The maximum absolute atomic E-state index is 14.1. The van der Waals surface area contributed by atoms with E-state index in [1.807, 2.05) is 36.4 Å². The molecule has 2 heterocycles. The van der Waals surface area contributed by atoms with E-state index in [4.69, 9.17) is 27.9 Å². The third-order valence-corrected chi connectivity index (χ3v) is 10.8. The van der Waals surface area contributed by atoms with Crippen molar-refractivity contribution in [2.75, 3.05) is 19.7 Å². The lowest BCUT2D eigenvalue weighted by Gasteiger charge is -2.40. The van der Waals surface area contributed by atoms with Gasteiger partial charge in [-0.3, -0.25) is 9.78 Å². The molecule has 1 aromatic heterocycles. The van der Waals surface area contributed by atoms with E-state index in [2.05, 4.69) is 4.98 Å². The Morgan fingerprint density at radius 3 is 2.40 bits per heavy atom. The minimum absolute atomic E-state index is 0.0574. The highest BCUT2D eigenvalue weighted by Gasteiger charge is 2.40. The SMILES string of the molecule is O=C(COC1CCCCC1N(Cc1ccccc1)S(=O)(=O)c1ccc(Cl)c(Cl)c1)N1CCC(O)(c2ccccn2)CC1. The van der Waals surface area contributed by atoms with Crippen LogP contribution in [0.3, 0.4) is 0 Å². The van der Waals surface area contributed by atoms with Gasteiger partial charge in [-0.05, 0) is 61.6 Å². The number of rotatable bonds is 9. The summed E-state index contributed by atoms with van der Waals surface area (Å²) >= 11 is 12.3. The Kier molecular flexibility index (Phi) is 9.87. The largest absolute Gasteiger partial charge is 0.383 e. The predicted molar refractivity (Wildman–Crippen MR) is 162 cm³/mol. The monoisotopic (exact) mass is 631 g/mol. The third-order valence-electron chi connectivity index (χ3n) is 8.22. The van der Waals surface area contributed by atoms with Crippen LogP contribution in [0.2, 0.25) is 10.0 Å². The molecule has 1 saturated heterocycles. The zero-order valence-corrected chi connectivity index (χ0v) is 25.6. The molecule has 8 nitrogen and oxygen atoms in total. The number of likely N-dealkylation sites (tertiary alicyclic amines) is 1. The van der Waals surface area contributed by atoms with Gasteiger partial charge in [0, 0.05) is 25.8 Å². The Hall–Kier alpha value is -2.53. The summed E-state index contributed by atoms with van der Waals surface area (Å²) in [4.78, 5) is 19.2. The zero-order valence-electron chi connectivity index (χ0n) is 23.2. The highest BCUT2D eigenvalue weighted by Crippen LogP contribution is 2.34. The number of aliphatic hydroxyl groups is 1. The van der Waals surface area contributed by atoms with Gasteiger partial charge in [-0.2, -0.15) is 4.31 Å². The molecule has 1 aliphatic heterocycles. The molecule has 2 fully saturated rings. The fraction of sp³-hybridized carbons (Fsp3) is 0.419. The van der Waals surface area contributed by atoms with Gasteiger partial charge in [-0.15, -0.1) is 0 Å². The van der Waals surface area contributed by atoms with Crippen molar-refractivity contribution in [3.05, 3.63) is 94.2 Å². The fourth-order valence-electron chi connectivity index (χ4n) is 5.81. The molecule has 1 saturated carbocycles. The van der Waals surface area contributed by atoms with E-state index < -0.39 is 27.8 Å². The van der Waals surface area contributed by atoms with Gasteiger partial charge in [0.05, 0.1) is 32.8 Å². The number of ether oxygens (including phenoxy) is 1. The highest BCUT2D eigenvalue weighted by molar-refractivity contribution is 7.89. The van der Waals surface area contributed by atoms with E-state index in [1.54, 1.807) is 23.2 Å². The van der Waals surface area contributed by atoms with Gasteiger partial charge < -0.3 is 14.7 Å². The standard InChI is InChI=1S/C31H35Cl2N3O5S/c32-25-14-13-24(20-26(25)33)42(39,40)36(21-23-8-2-1-3-9-23)27-10-4-5-11-28(27)41-22-30(37)35-18-15-31(38,16-19-35)29-12-6-7-17-34-29/h1-3,6-9,12-14,17,20,27-28,38H,4-5,10-11,15-16,18-19,21-22H2.